The van der Waals surface area contributed by atoms with Crippen LogP contribution in [0.15, 0.2) is 27.6 Å². The second kappa shape index (κ2) is 4.66. The Kier molecular flexibility index (Phi) is 3.74. The second-order valence-electron chi connectivity index (χ2n) is 2.71. The largest absolute Gasteiger partial charge is 0.398 e. The molecule has 1 aromatic carbocycles. The van der Waals surface area contributed by atoms with Gasteiger partial charge in [0.15, 0.2) is 0 Å². The molecule has 0 heterocycles. The van der Waals surface area contributed by atoms with E-state index in [-0.39, 0.29) is 11.4 Å². The van der Waals surface area contributed by atoms with Crippen molar-refractivity contribution in [3.8, 4) is 12.3 Å². The van der Waals surface area contributed by atoms with Crippen molar-refractivity contribution in [3.05, 3.63) is 22.7 Å². The van der Waals surface area contributed by atoms with Crippen molar-refractivity contribution >= 4 is 31.6 Å². The van der Waals surface area contributed by atoms with E-state index in [9.17, 15) is 8.42 Å². The van der Waals surface area contributed by atoms with Crippen molar-refractivity contribution in [3.63, 3.8) is 0 Å². The molecule has 1 rings (SSSR count). The highest BCUT2D eigenvalue weighted by molar-refractivity contribution is 9.10. The van der Waals surface area contributed by atoms with Gasteiger partial charge >= 0.3 is 0 Å². The Hall–Kier alpha value is -1.03. The van der Waals surface area contributed by atoms with E-state index in [0.717, 1.165) is 0 Å². The number of rotatable bonds is 3. The Morgan fingerprint density at radius 1 is 1.53 bits per heavy atom. The molecule has 15 heavy (non-hydrogen) atoms. The van der Waals surface area contributed by atoms with Crippen LogP contribution in [0.5, 0.6) is 0 Å². The summed E-state index contributed by atoms with van der Waals surface area (Å²) in [6.45, 7) is -0.0374. The average molecular weight is 289 g/mol. The Labute approximate surface area is 97.0 Å². The molecular weight excluding hydrogens is 280 g/mol. The first-order chi connectivity index (χ1) is 6.97. The average Bonchev–Trinajstić information content (AvgIpc) is 2.19. The van der Waals surface area contributed by atoms with Gasteiger partial charge in [0.2, 0.25) is 10.0 Å². The fourth-order valence-electron chi connectivity index (χ4n) is 0.895. The molecule has 0 fully saturated rings. The van der Waals surface area contributed by atoms with Crippen molar-refractivity contribution in [2.24, 2.45) is 0 Å². The highest BCUT2D eigenvalue weighted by atomic mass is 79.9. The minimum Gasteiger partial charge on any atom is -0.398 e. The molecule has 80 valence electrons. The molecule has 0 aromatic heterocycles. The predicted octanol–water partition coefficient (Wildman–Crippen LogP) is 0.943. The molecule has 0 aliphatic carbocycles. The monoisotopic (exact) mass is 288 g/mol. The van der Waals surface area contributed by atoms with E-state index in [4.69, 9.17) is 12.2 Å². The third-order valence-corrected chi connectivity index (χ3v) is 3.73. The van der Waals surface area contributed by atoms with Gasteiger partial charge in [0, 0.05) is 10.2 Å². The van der Waals surface area contributed by atoms with E-state index in [0.29, 0.717) is 10.2 Å². The first-order valence-corrected chi connectivity index (χ1v) is 6.23. The molecule has 0 aliphatic rings. The molecule has 0 saturated heterocycles. The molecule has 0 atom stereocenters. The van der Waals surface area contributed by atoms with Crippen LogP contribution in [0.3, 0.4) is 0 Å². The Morgan fingerprint density at radius 2 is 2.20 bits per heavy atom. The van der Waals surface area contributed by atoms with Crippen LogP contribution in [0.4, 0.5) is 5.69 Å². The topological polar surface area (TPSA) is 72.2 Å². The van der Waals surface area contributed by atoms with E-state index < -0.39 is 10.0 Å². The maximum Gasteiger partial charge on any atom is 0.241 e. The fraction of sp³-hybridized carbons (Fsp3) is 0.111. The molecule has 0 aliphatic heterocycles. The number of halogens is 1. The summed E-state index contributed by atoms with van der Waals surface area (Å²) in [6, 6.07) is 4.35. The number of hydrogen-bond acceptors (Lipinski definition) is 3. The number of sulfonamides is 1. The first-order valence-electron chi connectivity index (χ1n) is 3.95. The van der Waals surface area contributed by atoms with Crippen LogP contribution in [0.1, 0.15) is 0 Å². The lowest BCUT2D eigenvalue weighted by Crippen LogP contribution is -2.23. The Bertz CT molecular complexity index is 505. The minimum atomic E-state index is -3.54. The molecule has 3 N–H and O–H groups in total. The third-order valence-electron chi connectivity index (χ3n) is 1.65. The summed E-state index contributed by atoms with van der Waals surface area (Å²) in [4.78, 5) is 0.124. The zero-order chi connectivity index (χ0) is 11.5. The molecule has 6 heteroatoms. The van der Waals surface area contributed by atoms with Crippen LogP contribution in [-0.4, -0.2) is 15.0 Å². The molecule has 0 unspecified atom stereocenters. The maximum atomic E-state index is 11.6. The van der Waals surface area contributed by atoms with Gasteiger partial charge in [-0.1, -0.05) is 5.92 Å². The predicted molar refractivity (Wildman–Crippen MR) is 62.6 cm³/mol. The normalized spacial score (nSPS) is 10.9. The van der Waals surface area contributed by atoms with Gasteiger partial charge in [-0.3, -0.25) is 0 Å². The van der Waals surface area contributed by atoms with Crippen LogP contribution in [0, 0.1) is 12.3 Å². The Balaban J connectivity index is 3.07. The van der Waals surface area contributed by atoms with Gasteiger partial charge in [0.05, 0.1) is 11.4 Å². The van der Waals surface area contributed by atoms with E-state index in [1.165, 1.54) is 18.2 Å². The summed E-state index contributed by atoms with van der Waals surface area (Å²) in [5, 5.41) is 0. The fourth-order valence-corrected chi connectivity index (χ4v) is 2.39. The van der Waals surface area contributed by atoms with Gasteiger partial charge in [-0.15, -0.1) is 6.42 Å². The van der Waals surface area contributed by atoms with Gasteiger partial charge in [0.1, 0.15) is 0 Å². The van der Waals surface area contributed by atoms with Gasteiger partial charge in [-0.05, 0) is 34.1 Å². The summed E-state index contributed by atoms with van der Waals surface area (Å²) in [5.41, 5.74) is 6.02. The summed E-state index contributed by atoms with van der Waals surface area (Å²) in [5.74, 6) is 2.19. The first kappa shape index (κ1) is 12.0. The van der Waals surface area contributed by atoms with Gasteiger partial charge in [0.25, 0.3) is 0 Å². The lowest BCUT2D eigenvalue weighted by Gasteiger charge is -2.05. The summed E-state index contributed by atoms with van der Waals surface area (Å²) >= 11 is 3.15. The number of terminal acetylenes is 1. The van der Waals surface area contributed by atoms with Gasteiger partial charge < -0.3 is 5.73 Å². The smallest absolute Gasteiger partial charge is 0.241 e. The summed E-state index contributed by atoms with van der Waals surface area (Å²) in [6.07, 6.45) is 4.96. The third kappa shape index (κ3) is 2.96. The number of hydrogen-bond donors (Lipinski definition) is 2. The molecule has 1 aromatic rings. The van der Waals surface area contributed by atoms with Crippen LogP contribution < -0.4 is 10.5 Å². The maximum absolute atomic E-state index is 11.6. The van der Waals surface area contributed by atoms with Crippen molar-refractivity contribution in [1.29, 1.82) is 0 Å². The molecule has 0 bridgehead atoms. The van der Waals surface area contributed by atoms with Crippen molar-refractivity contribution < 1.29 is 8.42 Å². The van der Waals surface area contributed by atoms with E-state index in [2.05, 4.69) is 26.6 Å². The minimum absolute atomic E-state index is 0.0374. The highest BCUT2D eigenvalue weighted by Crippen LogP contribution is 2.22. The van der Waals surface area contributed by atoms with Crippen LogP contribution >= 0.6 is 15.9 Å². The number of nitrogens with one attached hydrogen (secondary N) is 1. The number of nitrogens with two attached hydrogens (primary N) is 1. The van der Waals surface area contributed by atoms with E-state index >= 15 is 0 Å². The molecule has 0 spiro atoms. The number of benzene rings is 1. The zero-order valence-electron chi connectivity index (χ0n) is 7.70. The van der Waals surface area contributed by atoms with Crippen LogP contribution in [0.2, 0.25) is 0 Å². The van der Waals surface area contributed by atoms with Gasteiger partial charge in [-0.2, -0.15) is 4.72 Å². The molecule has 0 amide bonds. The Morgan fingerprint density at radius 3 is 2.73 bits per heavy atom. The lowest BCUT2D eigenvalue weighted by atomic mass is 10.3. The summed E-state index contributed by atoms with van der Waals surface area (Å²) in [7, 11) is -3.54. The standard InChI is InChI=1S/C9H9BrN2O2S/c1-2-5-12-15(13,14)7-3-4-9(11)8(10)6-7/h1,3-4,6,12H,5,11H2. The SMILES string of the molecule is C#CCNS(=O)(=O)c1ccc(N)c(Br)c1. The van der Waals surface area contributed by atoms with Crippen LogP contribution in [-0.2, 0) is 10.0 Å². The summed E-state index contributed by atoms with van der Waals surface area (Å²) < 4.78 is 26.0. The van der Waals surface area contributed by atoms with E-state index in [1.54, 1.807) is 0 Å². The molecular formula is C9H9BrN2O2S. The molecule has 0 radical (unpaired) electrons. The molecule has 0 saturated carbocycles. The van der Waals surface area contributed by atoms with Crippen molar-refractivity contribution in [1.82, 2.24) is 4.72 Å². The lowest BCUT2D eigenvalue weighted by molar-refractivity contribution is 0.586. The highest BCUT2D eigenvalue weighted by Gasteiger charge is 2.13. The number of nitrogen functional groups attached to an aromatic ring is 1. The molecule has 4 nitrogen and oxygen atoms in total. The second-order valence-corrected chi connectivity index (χ2v) is 5.33. The van der Waals surface area contributed by atoms with Gasteiger partial charge in [-0.25, -0.2) is 8.42 Å². The quantitative estimate of drug-likeness (QED) is 0.642. The van der Waals surface area contributed by atoms with Crippen LogP contribution in [0.25, 0.3) is 0 Å². The number of anilines is 1. The zero-order valence-corrected chi connectivity index (χ0v) is 10.1. The van der Waals surface area contributed by atoms with E-state index in [1.807, 2.05) is 0 Å². The van der Waals surface area contributed by atoms with Crippen molar-refractivity contribution in [2.75, 3.05) is 12.3 Å². The van der Waals surface area contributed by atoms with Crippen molar-refractivity contribution in [2.45, 2.75) is 4.90 Å².